The summed E-state index contributed by atoms with van der Waals surface area (Å²) in [5.41, 5.74) is 0. The number of carbonyl (C=O) groups is 1. The van der Waals surface area contributed by atoms with Crippen LogP contribution in [0.1, 0.15) is 32.6 Å². The molecule has 0 aromatic heterocycles. The van der Waals surface area contributed by atoms with Crippen molar-refractivity contribution in [1.82, 2.24) is 15.5 Å². The van der Waals surface area contributed by atoms with Crippen LogP contribution in [0.2, 0.25) is 0 Å². The first kappa shape index (κ1) is 13.8. The highest BCUT2D eigenvalue weighted by Gasteiger charge is 2.28. The van der Waals surface area contributed by atoms with E-state index in [1.807, 2.05) is 0 Å². The number of amides is 1. The molecule has 3 N–H and O–H groups in total. The Morgan fingerprint density at radius 3 is 2.78 bits per heavy atom. The molecule has 2 fully saturated rings. The first-order chi connectivity index (χ1) is 8.65. The predicted octanol–water partition coefficient (Wildman–Crippen LogP) is -0.300. The molecule has 0 bridgehead atoms. The summed E-state index contributed by atoms with van der Waals surface area (Å²) in [5, 5.41) is 15.5. The molecular formula is C13H25N3O2. The fourth-order valence-corrected chi connectivity index (χ4v) is 2.84. The Labute approximate surface area is 109 Å². The maximum absolute atomic E-state index is 11.9. The predicted molar refractivity (Wildman–Crippen MR) is 70.3 cm³/mol. The number of likely N-dealkylation sites (tertiary alicyclic amines) is 1. The van der Waals surface area contributed by atoms with Crippen molar-refractivity contribution in [1.29, 1.82) is 0 Å². The third kappa shape index (κ3) is 3.93. The van der Waals surface area contributed by atoms with Crippen LogP contribution in [-0.4, -0.2) is 60.3 Å². The number of piperidine rings is 1. The topological polar surface area (TPSA) is 64.6 Å². The van der Waals surface area contributed by atoms with Crippen molar-refractivity contribution in [3.63, 3.8) is 0 Å². The Hall–Kier alpha value is -0.650. The highest BCUT2D eigenvalue weighted by Crippen LogP contribution is 2.10. The molecule has 0 spiro atoms. The zero-order valence-electron chi connectivity index (χ0n) is 11.2. The summed E-state index contributed by atoms with van der Waals surface area (Å²) in [5.74, 6) is 0.0241. The van der Waals surface area contributed by atoms with Crippen LogP contribution in [0.4, 0.5) is 0 Å². The molecule has 1 amide bonds. The van der Waals surface area contributed by atoms with Crippen LogP contribution >= 0.6 is 0 Å². The number of carbonyl (C=O) groups excluding carboxylic acids is 1. The zero-order chi connectivity index (χ0) is 13.0. The van der Waals surface area contributed by atoms with Gasteiger partial charge in [-0.2, -0.15) is 0 Å². The fourth-order valence-electron chi connectivity index (χ4n) is 2.84. The van der Waals surface area contributed by atoms with Crippen molar-refractivity contribution in [2.45, 2.75) is 50.8 Å². The molecule has 5 nitrogen and oxygen atoms in total. The van der Waals surface area contributed by atoms with Gasteiger partial charge in [-0.15, -0.1) is 0 Å². The number of hydrogen-bond donors (Lipinski definition) is 3. The van der Waals surface area contributed by atoms with E-state index >= 15 is 0 Å². The normalized spacial score (nSPS) is 31.2. The first-order valence-corrected chi connectivity index (χ1v) is 7.09. The molecule has 0 radical (unpaired) electrons. The van der Waals surface area contributed by atoms with Gasteiger partial charge in [-0.1, -0.05) is 6.42 Å². The van der Waals surface area contributed by atoms with Gasteiger partial charge in [0, 0.05) is 19.1 Å². The Morgan fingerprint density at radius 1 is 1.44 bits per heavy atom. The van der Waals surface area contributed by atoms with Gasteiger partial charge in [-0.3, -0.25) is 4.79 Å². The van der Waals surface area contributed by atoms with Crippen molar-refractivity contribution in [3.05, 3.63) is 0 Å². The number of nitrogens with zero attached hydrogens (tertiary/aromatic N) is 1. The zero-order valence-corrected chi connectivity index (χ0v) is 11.2. The molecule has 0 aromatic rings. The van der Waals surface area contributed by atoms with Crippen LogP contribution in [0.25, 0.3) is 0 Å². The number of rotatable bonds is 4. The minimum absolute atomic E-state index is 0.0241. The molecule has 5 heteroatoms. The van der Waals surface area contributed by atoms with E-state index in [9.17, 15) is 9.90 Å². The number of β-amino-alcohol motifs (C(OH)–C–C–N with tert-alkyl or cyclic N) is 1. The second-order valence-electron chi connectivity index (χ2n) is 5.62. The van der Waals surface area contributed by atoms with Crippen molar-refractivity contribution in [2.75, 3.05) is 26.2 Å². The van der Waals surface area contributed by atoms with Gasteiger partial charge in [0.05, 0.1) is 12.1 Å². The van der Waals surface area contributed by atoms with E-state index in [-0.39, 0.29) is 24.1 Å². The molecule has 3 atom stereocenters. The second-order valence-corrected chi connectivity index (χ2v) is 5.62. The molecule has 0 aromatic carbocycles. The Bertz CT molecular complexity index is 279. The van der Waals surface area contributed by atoms with Gasteiger partial charge in [0.1, 0.15) is 0 Å². The summed E-state index contributed by atoms with van der Waals surface area (Å²) in [6, 6.07) is -0.0426. The van der Waals surface area contributed by atoms with Crippen LogP contribution in [0.15, 0.2) is 0 Å². The molecule has 2 aliphatic heterocycles. The molecule has 3 unspecified atom stereocenters. The van der Waals surface area contributed by atoms with E-state index < -0.39 is 0 Å². The first-order valence-electron chi connectivity index (χ1n) is 7.09. The van der Waals surface area contributed by atoms with Crippen LogP contribution in [0.5, 0.6) is 0 Å². The molecule has 0 aliphatic carbocycles. The molecule has 0 saturated carbocycles. The number of aliphatic hydroxyl groups is 1. The average molecular weight is 255 g/mol. The highest BCUT2D eigenvalue weighted by atomic mass is 16.3. The molecule has 2 heterocycles. The minimum Gasteiger partial charge on any atom is -0.392 e. The number of hydrogen-bond acceptors (Lipinski definition) is 4. The minimum atomic E-state index is -0.377. The lowest BCUT2D eigenvalue weighted by Gasteiger charge is -2.29. The van der Waals surface area contributed by atoms with Crippen LogP contribution in [-0.2, 0) is 4.79 Å². The van der Waals surface area contributed by atoms with Gasteiger partial charge in [-0.05, 0) is 39.3 Å². The quantitative estimate of drug-likeness (QED) is 0.645. The largest absolute Gasteiger partial charge is 0.392 e. The van der Waals surface area contributed by atoms with Crippen LogP contribution < -0.4 is 10.6 Å². The summed E-state index contributed by atoms with van der Waals surface area (Å²) in [6.45, 7) is 5.82. The van der Waals surface area contributed by atoms with E-state index in [0.717, 1.165) is 19.6 Å². The molecule has 2 aliphatic rings. The Morgan fingerprint density at radius 2 is 2.17 bits per heavy atom. The van der Waals surface area contributed by atoms with Crippen molar-refractivity contribution >= 4 is 5.91 Å². The van der Waals surface area contributed by atoms with Crippen molar-refractivity contribution in [3.8, 4) is 0 Å². The molecular weight excluding hydrogens is 230 g/mol. The van der Waals surface area contributed by atoms with E-state index in [1.54, 1.807) is 0 Å². The van der Waals surface area contributed by atoms with Crippen molar-refractivity contribution in [2.24, 2.45) is 0 Å². The van der Waals surface area contributed by atoms with Gasteiger partial charge in [0.25, 0.3) is 0 Å². The van der Waals surface area contributed by atoms with Gasteiger partial charge < -0.3 is 20.6 Å². The van der Waals surface area contributed by atoms with Crippen LogP contribution in [0, 0.1) is 0 Å². The monoisotopic (exact) mass is 255 g/mol. The highest BCUT2D eigenvalue weighted by molar-refractivity contribution is 5.82. The number of aliphatic hydroxyl groups excluding tert-OH is 1. The summed E-state index contributed by atoms with van der Waals surface area (Å²) in [6.07, 6.45) is 4.04. The lowest BCUT2D eigenvalue weighted by molar-refractivity contribution is -0.123. The SMILES string of the molecule is CC(CN1CCCCC1)NC(=O)C1CC(O)CN1. The summed E-state index contributed by atoms with van der Waals surface area (Å²) in [4.78, 5) is 14.4. The summed E-state index contributed by atoms with van der Waals surface area (Å²) >= 11 is 0. The lowest BCUT2D eigenvalue weighted by Crippen LogP contribution is -2.48. The fraction of sp³-hybridized carbons (Fsp3) is 0.923. The van der Waals surface area contributed by atoms with E-state index in [1.165, 1.54) is 19.3 Å². The van der Waals surface area contributed by atoms with E-state index in [4.69, 9.17) is 0 Å². The van der Waals surface area contributed by atoms with E-state index in [0.29, 0.717) is 13.0 Å². The second kappa shape index (κ2) is 6.50. The van der Waals surface area contributed by atoms with Crippen molar-refractivity contribution < 1.29 is 9.90 Å². The van der Waals surface area contributed by atoms with Gasteiger partial charge >= 0.3 is 0 Å². The van der Waals surface area contributed by atoms with Gasteiger partial charge in [0.15, 0.2) is 0 Å². The average Bonchev–Trinajstić information content (AvgIpc) is 2.77. The smallest absolute Gasteiger partial charge is 0.237 e. The number of nitrogens with one attached hydrogen (secondary N) is 2. The van der Waals surface area contributed by atoms with Crippen LogP contribution in [0.3, 0.4) is 0 Å². The Balaban J connectivity index is 1.69. The van der Waals surface area contributed by atoms with Gasteiger partial charge in [-0.25, -0.2) is 0 Å². The molecule has 18 heavy (non-hydrogen) atoms. The standard InChI is InChI=1S/C13H25N3O2/c1-10(9-16-5-3-2-4-6-16)15-13(18)12-7-11(17)8-14-12/h10-12,14,17H,2-9H2,1H3,(H,15,18). The molecule has 2 rings (SSSR count). The summed E-state index contributed by atoms with van der Waals surface area (Å²) in [7, 11) is 0. The maximum atomic E-state index is 11.9. The maximum Gasteiger partial charge on any atom is 0.237 e. The summed E-state index contributed by atoms with van der Waals surface area (Å²) < 4.78 is 0. The Kier molecular flexibility index (Phi) is 4.97. The third-order valence-electron chi connectivity index (χ3n) is 3.79. The van der Waals surface area contributed by atoms with Gasteiger partial charge in [0.2, 0.25) is 5.91 Å². The van der Waals surface area contributed by atoms with E-state index in [2.05, 4.69) is 22.5 Å². The molecule has 104 valence electrons. The lowest BCUT2D eigenvalue weighted by atomic mass is 10.1. The third-order valence-corrected chi connectivity index (χ3v) is 3.79. The molecule has 2 saturated heterocycles.